The average molecular weight is 361 g/mol. The standard InChI is InChI=1S/C19H21F2N3O2/c1-19(2,3)22-18(25)17-12-9-11-5-7-15(26-11)16(12)23-24(17)14-6-4-10(20)8-13(14)21/h4,6,8,11,15H,5,7,9H2,1-3H3,(H,22,25). The Hall–Kier alpha value is -2.28. The fourth-order valence-corrected chi connectivity index (χ4v) is 3.67. The Labute approximate surface area is 150 Å². The van der Waals surface area contributed by atoms with Gasteiger partial charge in [-0.3, -0.25) is 4.79 Å². The molecule has 2 aliphatic heterocycles. The maximum absolute atomic E-state index is 14.4. The molecule has 2 atom stereocenters. The van der Waals surface area contributed by atoms with Crippen molar-refractivity contribution in [3.8, 4) is 5.69 Å². The first-order valence-electron chi connectivity index (χ1n) is 8.78. The van der Waals surface area contributed by atoms with E-state index in [1.165, 1.54) is 10.7 Å². The van der Waals surface area contributed by atoms with E-state index >= 15 is 0 Å². The quantitative estimate of drug-likeness (QED) is 0.891. The lowest BCUT2D eigenvalue weighted by Gasteiger charge is -2.23. The summed E-state index contributed by atoms with van der Waals surface area (Å²) in [6, 6.07) is 3.26. The molecule has 0 radical (unpaired) electrons. The molecule has 1 N–H and O–H groups in total. The second-order valence-electron chi connectivity index (χ2n) is 7.95. The first-order valence-corrected chi connectivity index (χ1v) is 8.78. The molecule has 1 fully saturated rings. The van der Waals surface area contributed by atoms with Crippen LogP contribution >= 0.6 is 0 Å². The smallest absolute Gasteiger partial charge is 0.270 e. The second kappa shape index (κ2) is 5.87. The largest absolute Gasteiger partial charge is 0.368 e. The Morgan fingerprint density at radius 2 is 2.08 bits per heavy atom. The van der Waals surface area contributed by atoms with Gasteiger partial charge in [-0.05, 0) is 45.7 Å². The summed E-state index contributed by atoms with van der Waals surface area (Å²) in [7, 11) is 0. The summed E-state index contributed by atoms with van der Waals surface area (Å²) in [5.74, 6) is -1.76. The van der Waals surface area contributed by atoms with Crippen molar-refractivity contribution in [1.82, 2.24) is 15.1 Å². The predicted molar refractivity (Wildman–Crippen MR) is 91.3 cm³/mol. The second-order valence-corrected chi connectivity index (χ2v) is 7.95. The van der Waals surface area contributed by atoms with Crippen LogP contribution in [0.25, 0.3) is 5.69 Å². The van der Waals surface area contributed by atoms with E-state index in [4.69, 9.17) is 4.74 Å². The van der Waals surface area contributed by atoms with E-state index in [-0.39, 0.29) is 23.8 Å². The van der Waals surface area contributed by atoms with Gasteiger partial charge in [0.2, 0.25) is 0 Å². The van der Waals surface area contributed by atoms with E-state index < -0.39 is 17.2 Å². The van der Waals surface area contributed by atoms with Crippen LogP contribution in [0.3, 0.4) is 0 Å². The van der Waals surface area contributed by atoms with Crippen LogP contribution in [-0.2, 0) is 11.2 Å². The molecule has 4 rings (SSSR count). The molecule has 2 bridgehead atoms. The van der Waals surface area contributed by atoms with Crippen molar-refractivity contribution >= 4 is 5.91 Å². The summed E-state index contributed by atoms with van der Waals surface area (Å²) >= 11 is 0. The molecular weight excluding hydrogens is 340 g/mol. The molecule has 0 saturated carbocycles. The van der Waals surface area contributed by atoms with Gasteiger partial charge in [-0.15, -0.1) is 0 Å². The summed E-state index contributed by atoms with van der Waals surface area (Å²) in [6.07, 6.45) is 2.22. The van der Waals surface area contributed by atoms with Gasteiger partial charge in [0, 0.05) is 23.6 Å². The Morgan fingerprint density at radius 3 is 2.77 bits per heavy atom. The summed E-state index contributed by atoms with van der Waals surface area (Å²) in [5, 5.41) is 7.44. The van der Waals surface area contributed by atoms with Crippen LogP contribution in [0.2, 0.25) is 0 Å². The molecule has 1 aromatic heterocycles. The first-order chi connectivity index (χ1) is 12.2. The summed E-state index contributed by atoms with van der Waals surface area (Å²) < 4.78 is 34.9. The third-order valence-corrected chi connectivity index (χ3v) is 4.70. The van der Waals surface area contributed by atoms with Crippen molar-refractivity contribution in [2.45, 2.75) is 57.8 Å². The number of benzene rings is 1. The normalized spacial score (nSPS) is 21.6. The topological polar surface area (TPSA) is 56.2 Å². The lowest BCUT2D eigenvalue weighted by Crippen LogP contribution is -2.42. The van der Waals surface area contributed by atoms with E-state index in [2.05, 4.69) is 10.4 Å². The highest BCUT2D eigenvalue weighted by Gasteiger charge is 2.40. The van der Waals surface area contributed by atoms with Crippen molar-refractivity contribution in [3.05, 3.63) is 46.8 Å². The van der Waals surface area contributed by atoms with Crippen molar-refractivity contribution in [2.24, 2.45) is 0 Å². The Balaban J connectivity index is 1.88. The summed E-state index contributed by atoms with van der Waals surface area (Å²) in [6.45, 7) is 5.63. The molecule has 3 heterocycles. The van der Waals surface area contributed by atoms with Gasteiger partial charge in [0.1, 0.15) is 23.3 Å². The first kappa shape index (κ1) is 17.1. The van der Waals surface area contributed by atoms with Crippen LogP contribution in [0.15, 0.2) is 18.2 Å². The number of carbonyl (C=O) groups excluding carboxylic acids is 1. The van der Waals surface area contributed by atoms with Crippen molar-refractivity contribution in [2.75, 3.05) is 0 Å². The highest BCUT2D eigenvalue weighted by atomic mass is 19.1. The molecule has 1 aromatic carbocycles. The molecule has 26 heavy (non-hydrogen) atoms. The summed E-state index contributed by atoms with van der Waals surface area (Å²) in [4.78, 5) is 13.0. The number of aromatic nitrogens is 2. The number of halogens is 2. The highest BCUT2D eigenvalue weighted by Crippen LogP contribution is 2.42. The minimum atomic E-state index is -0.763. The molecule has 2 aliphatic rings. The number of nitrogens with zero attached hydrogens (tertiary/aromatic N) is 2. The molecule has 0 aliphatic carbocycles. The monoisotopic (exact) mass is 361 g/mol. The van der Waals surface area contributed by atoms with Gasteiger partial charge < -0.3 is 10.1 Å². The van der Waals surface area contributed by atoms with Crippen LogP contribution in [0.4, 0.5) is 8.78 Å². The van der Waals surface area contributed by atoms with E-state index in [0.29, 0.717) is 17.8 Å². The zero-order chi connectivity index (χ0) is 18.6. The number of hydrogen-bond donors (Lipinski definition) is 1. The van der Waals surface area contributed by atoms with Gasteiger partial charge in [-0.2, -0.15) is 5.10 Å². The number of hydrogen-bond acceptors (Lipinski definition) is 3. The average Bonchev–Trinajstić information content (AvgIpc) is 3.08. The van der Waals surface area contributed by atoms with Gasteiger partial charge >= 0.3 is 0 Å². The molecule has 5 nitrogen and oxygen atoms in total. The van der Waals surface area contributed by atoms with E-state index in [1.54, 1.807) is 0 Å². The minimum Gasteiger partial charge on any atom is -0.368 e. The van der Waals surface area contributed by atoms with Crippen molar-refractivity contribution in [1.29, 1.82) is 0 Å². The molecule has 1 amide bonds. The number of nitrogens with one attached hydrogen (secondary N) is 1. The van der Waals surface area contributed by atoms with Gasteiger partial charge in [-0.25, -0.2) is 13.5 Å². The Kier molecular flexibility index (Phi) is 3.87. The lowest BCUT2D eigenvalue weighted by atomic mass is 10.0. The number of amides is 1. The van der Waals surface area contributed by atoms with Crippen LogP contribution in [0.1, 0.15) is 61.5 Å². The lowest BCUT2D eigenvalue weighted by molar-refractivity contribution is 0.0299. The Morgan fingerprint density at radius 1 is 1.31 bits per heavy atom. The number of ether oxygens (including phenoxy) is 1. The number of fused-ring (bicyclic) bond motifs is 4. The minimum absolute atomic E-state index is 0.0516. The molecule has 1 saturated heterocycles. The number of carbonyl (C=O) groups is 1. The predicted octanol–water partition coefficient (Wildman–Crippen LogP) is 3.46. The zero-order valence-corrected chi connectivity index (χ0v) is 15.0. The van der Waals surface area contributed by atoms with Crippen LogP contribution in [0, 0.1) is 11.6 Å². The van der Waals surface area contributed by atoms with Gasteiger partial charge in [0.15, 0.2) is 5.82 Å². The SMILES string of the molecule is CC(C)(C)NC(=O)c1c2c(nn1-c1ccc(F)cc1F)C1CCC(C2)O1. The molecular formula is C19H21F2N3O2. The number of rotatable bonds is 2. The molecule has 0 spiro atoms. The maximum Gasteiger partial charge on any atom is 0.270 e. The van der Waals surface area contributed by atoms with Crippen LogP contribution in [0.5, 0.6) is 0 Å². The van der Waals surface area contributed by atoms with Gasteiger partial charge in [-0.1, -0.05) is 0 Å². The van der Waals surface area contributed by atoms with E-state index in [0.717, 1.165) is 30.5 Å². The van der Waals surface area contributed by atoms with Crippen molar-refractivity contribution < 1.29 is 18.3 Å². The fraction of sp³-hybridized carbons (Fsp3) is 0.474. The van der Waals surface area contributed by atoms with E-state index in [1.807, 2.05) is 20.8 Å². The van der Waals surface area contributed by atoms with Crippen LogP contribution in [-0.4, -0.2) is 27.3 Å². The third kappa shape index (κ3) is 2.90. The Bertz CT molecular complexity index is 886. The maximum atomic E-state index is 14.4. The third-order valence-electron chi connectivity index (χ3n) is 4.70. The molecule has 7 heteroatoms. The molecule has 2 aromatic rings. The molecule has 138 valence electrons. The van der Waals surface area contributed by atoms with Crippen LogP contribution < -0.4 is 5.32 Å². The van der Waals surface area contributed by atoms with E-state index in [9.17, 15) is 13.6 Å². The van der Waals surface area contributed by atoms with Crippen molar-refractivity contribution in [3.63, 3.8) is 0 Å². The highest BCUT2D eigenvalue weighted by molar-refractivity contribution is 5.95. The fourth-order valence-electron chi connectivity index (χ4n) is 3.67. The van der Waals surface area contributed by atoms with Gasteiger partial charge in [0.25, 0.3) is 5.91 Å². The zero-order valence-electron chi connectivity index (χ0n) is 15.0. The molecule has 2 unspecified atom stereocenters. The van der Waals surface area contributed by atoms with Gasteiger partial charge in [0.05, 0.1) is 11.8 Å². The summed E-state index contributed by atoms with van der Waals surface area (Å²) in [5.41, 5.74) is 1.39.